The van der Waals surface area contributed by atoms with E-state index in [1.54, 1.807) is 14.0 Å². The zero-order valence-electron chi connectivity index (χ0n) is 11.2. The predicted octanol–water partition coefficient (Wildman–Crippen LogP) is 1.85. The molecule has 0 aromatic carbocycles. The van der Waals surface area contributed by atoms with Crippen LogP contribution >= 0.6 is 0 Å². The fraction of sp³-hybridized carbons (Fsp3) is 0.833. The number of ether oxygens (including phenoxy) is 2. The van der Waals surface area contributed by atoms with Crippen LogP contribution in [0.1, 0.15) is 40.5 Å². The van der Waals surface area contributed by atoms with Crippen molar-refractivity contribution in [3.05, 3.63) is 0 Å². The van der Waals surface area contributed by atoms with Gasteiger partial charge in [-0.3, -0.25) is 9.59 Å². The molecule has 1 N–H and O–H groups in total. The number of carboxylic acid groups (broad SMARTS) is 1. The van der Waals surface area contributed by atoms with E-state index in [2.05, 4.69) is 0 Å². The maximum atomic E-state index is 11.7. The van der Waals surface area contributed by atoms with E-state index in [0.717, 1.165) is 0 Å². The SMILES string of the molecule is CCOC(=O)C(C)(CCC(C)(C)OC)C(=O)O. The van der Waals surface area contributed by atoms with Crippen molar-refractivity contribution in [3.8, 4) is 0 Å². The standard InChI is InChI=1S/C12H22O5/c1-6-17-10(15)12(4,9(13)14)8-7-11(2,3)16-5/h6-8H2,1-5H3,(H,13,14). The van der Waals surface area contributed by atoms with Crippen molar-refractivity contribution in [2.75, 3.05) is 13.7 Å². The van der Waals surface area contributed by atoms with Crippen molar-refractivity contribution in [3.63, 3.8) is 0 Å². The lowest BCUT2D eigenvalue weighted by Crippen LogP contribution is -2.40. The maximum absolute atomic E-state index is 11.7. The van der Waals surface area contributed by atoms with E-state index in [4.69, 9.17) is 14.6 Å². The van der Waals surface area contributed by atoms with E-state index in [1.807, 2.05) is 13.8 Å². The van der Waals surface area contributed by atoms with Crippen LogP contribution in [0, 0.1) is 5.41 Å². The lowest BCUT2D eigenvalue weighted by molar-refractivity contribution is -0.168. The Morgan fingerprint density at radius 2 is 1.71 bits per heavy atom. The van der Waals surface area contributed by atoms with Crippen LogP contribution in [0.5, 0.6) is 0 Å². The number of aliphatic carboxylic acids is 1. The summed E-state index contributed by atoms with van der Waals surface area (Å²) in [6, 6.07) is 0. The first-order chi connectivity index (χ1) is 7.69. The van der Waals surface area contributed by atoms with Crippen LogP contribution in [0.2, 0.25) is 0 Å². The molecule has 0 aromatic heterocycles. The smallest absolute Gasteiger partial charge is 0.323 e. The number of hydrogen-bond donors (Lipinski definition) is 1. The van der Waals surface area contributed by atoms with Gasteiger partial charge in [0.25, 0.3) is 0 Å². The van der Waals surface area contributed by atoms with Crippen LogP contribution in [0.25, 0.3) is 0 Å². The van der Waals surface area contributed by atoms with Gasteiger partial charge < -0.3 is 14.6 Å². The molecule has 0 saturated carbocycles. The molecule has 0 aliphatic rings. The molecule has 0 spiro atoms. The Morgan fingerprint density at radius 3 is 2.06 bits per heavy atom. The zero-order valence-corrected chi connectivity index (χ0v) is 11.2. The third-order valence-corrected chi connectivity index (χ3v) is 2.98. The number of hydrogen-bond acceptors (Lipinski definition) is 4. The number of rotatable bonds is 7. The highest BCUT2D eigenvalue weighted by atomic mass is 16.5. The van der Waals surface area contributed by atoms with Crippen molar-refractivity contribution in [1.29, 1.82) is 0 Å². The van der Waals surface area contributed by atoms with E-state index in [-0.39, 0.29) is 13.0 Å². The highest BCUT2D eigenvalue weighted by Crippen LogP contribution is 2.30. The highest BCUT2D eigenvalue weighted by Gasteiger charge is 2.43. The zero-order chi connectivity index (χ0) is 13.7. The van der Waals surface area contributed by atoms with Gasteiger partial charge in [-0.25, -0.2) is 0 Å². The van der Waals surface area contributed by atoms with Crippen LogP contribution in [0.3, 0.4) is 0 Å². The van der Waals surface area contributed by atoms with Gasteiger partial charge in [0, 0.05) is 7.11 Å². The third-order valence-electron chi connectivity index (χ3n) is 2.98. The number of methoxy groups -OCH3 is 1. The average Bonchev–Trinajstić information content (AvgIpc) is 2.26. The minimum Gasteiger partial charge on any atom is -0.480 e. The van der Waals surface area contributed by atoms with Gasteiger partial charge in [-0.05, 0) is 40.5 Å². The number of esters is 1. The Balaban J connectivity index is 4.75. The van der Waals surface area contributed by atoms with E-state index in [9.17, 15) is 9.59 Å². The predicted molar refractivity (Wildman–Crippen MR) is 62.7 cm³/mol. The summed E-state index contributed by atoms with van der Waals surface area (Å²) in [5, 5.41) is 9.16. The molecule has 0 fully saturated rings. The Hall–Kier alpha value is -1.10. The van der Waals surface area contributed by atoms with Gasteiger partial charge in [0.15, 0.2) is 5.41 Å². The van der Waals surface area contributed by atoms with Crippen molar-refractivity contribution >= 4 is 11.9 Å². The van der Waals surface area contributed by atoms with Crippen molar-refractivity contribution in [2.45, 2.75) is 46.1 Å². The minimum atomic E-state index is -1.51. The largest absolute Gasteiger partial charge is 0.480 e. The first-order valence-electron chi connectivity index (χ1n) is 5.65. The molecule has 0 amide bonds. The summed E-state index contributed by atoms with van der Waals surface area (Å²) in [5.74, 6) is -1.86. The molecule has 0 aliphatic carbocycles. The van der Waals surface area contributed by atoms with Gasteiger partial charge in [0.05, 0.1) is 12.2 Å². The van der Waals surface area contributed by atoms with Gasteiger partial charge in [0.1, 0.15) is 0 Å². The topological polar surface area (TPSA) is 72.8 Å². The lowest BCUT2D eigenvalue weighted by Gasteiger charge is -2.28. The van der Waals surface area contributed by atoms with E-state index in [1.165, 1.54) is 6.92 Å². The Kier molecular flexibility index (Phi) is 5.61. The monoisotopic (exact) mass is 246 g/mol. The molecule has 0 bridgehead atoms. The van der Waals surface area contributed by atoms with Gasteiger partial charge in [-0.2, -0.15) is 0 Å². The average molecular weight is 246 g/mol. The Morgan fingerprint density at radius 1 is 1.18 bits per heavy atom. The Labute approximate surface area is 102 Å². The molecule has 1 unspecified atom stereocenters. The molecule has 5 heteroatoms. The van der Waals surface area contributed by atoms with Gasteiger partial charge in [0.2, 0.25) is 0 Å². The van der Waals surface area contributed by atoms with Crippen LogP contribution in [0.15, 0.2) is 0 Å². The molecule has 1 atom stereocenters. The summed E-state index contributed by atoms with van der Waals surface area (Å²) >= 11 is 0. The van der Waals surface area contributed by atoms with Crippen LogP contribution in [-0.4, -0.2) is 36.4 Å². The van der Waals surface area contributed by atoms with Crippen molar-refractivity contribution in [2.24, 2.45) is 5.41 Å². The van der Waals surface area contributed by atoms with E-state index >= 15 is 0 Å². The Bertz CT molecular complexity index is 285. The first-order valence-corrected chi connectivity index (χ1v) is 5.65. The third kappa shape index (κ3) is 4.34. The van der Waals surface area contributed by atoms with E-state index in [0.29, 0.717) is 6.42 Å². The summed E-state index contributed by atoms with van der Waals surface area (Å²) < 4.78 is 10.0. The number of carbonyl (C=O) groups excluding carboxylic acids is 1. The summed E-state index contributed by atoms with van der Waals surface area (Å²) in [5.41, 5.74) is -1.96. The molecule has 0 heterocycles. The molecule has 5 nitrogen and oxygen atoms in total. The molecule has 17 heavy (non-hydrogen) atoms. The summed E-state index contributed by atoms with van der Waals surface area (Å²) in [4.78, 5) is 22.9. The van der Waals surface area contributed by atoms with Crippen LogP contribution in [0.4, 0.5) is 0 Å². The van der Waals surface area contributed by atoms with E-state index < -0.39 is 23.0 Å². The van der Waals surface area contributed by atoms with Crippen molar-refractivity contribution in [1.82, 2.24) is 0 Å². The fourth-order valence-corrected chi connectivity index (χ4v) is 1.24. The van der Waals surface area contributed by atoms with Crippen LogP contribution in [-0.2, 0) is 19.1 Å². The van der Waals surface area contributed by atoms with Crippen LogP contribution < -0.4 is 0 Å². The first kappa shape index (κ1) is 15.9. The number of carboxylic acids is 1. The minimum absolute atomic E-state index is 0.176. The summed E-state index contributed by atoms with van der Waals surface area (Å²) in [6.45, 7) is 6.91. The summed E-state index contributed by atoms with van der Waals surface area (Å²) in [7, 11) is 1.56. The molecule has 0 aliphatic heterocycles. The van der Waals surface area contributed by atoms with Crippen molar-refractivity contribution < 1.29 is 24.2 Å². The molecular formula is C12H22O5. The lowest BCUT2D eigenvalue weighted by atomic mass is 9.82. The number of carbonyl (C=O) groups is 2. The molecule has 0 radical (unpaired) electrons. The normalized spacial score (nSPS) is 15.1. The second kappa shape index (κ2) is 6.00. The van der Waals surface area contributed by atoms with Gasteiger partial charge in [-0.15, -0.1) is 0 Å². The maximum Gasteiger partial charge on any atom is 0.323 e. The van der Waals surface area contributed by atoms with Gasteiger partial charge in [-0.1, -0.05) is 0 Å². The second-order valence-electron chi connectivity index (χ2n) is 4.82. The second-order valence-corrected chi connectivity index (χ2v) is 4.82. The quantitative estimate of drug-likeness (QED) is 0.548. The molecule has 100 valence electrons. The molecule has 0 rings (SSSR count). The van der Waals surface area contributed by atoms with Gasteiger partial charge >= 0.3 is 11.9 Å². The fourth-order valence-electron chi connectivity index (χ4n) is 1.24. The molecule has 0 saturated heterocycles. The molecular weight excluding hydrogens is 224 g/mol. The highest BCUT2D eigenvalue weighted by molar-refractivity contribution is 5.98. The summed E-state index contributed by atoms with van der Waals surface area (Å²) in [6.07, 6.45) is 0.646. The molecule has 0 aromatic rings.